The minimum atomic E-state index is -0.149. The molecule has 17 heavy (non-hydrogen) atoms. The second-order valence-electron chi connectivity index (χ2n) is 3.80. The molecule has 0 aliphatic heterocycles. The van der Waals surface area contributed by atoms with E-state index in [4.69, 9.17) is 0 Å². The minimum Gasteiger partial charge on any atom is -0.300 e. The Hall–Kier alpha value is -2.23. The summed E-state index contributed by atoms with van der Waals surface area (Å²) in [6.07, 6.45) is 3.47. The molecule has 0 amide bonds. The van der Waals surface area contributed by atoms with Gasteiger partial charge in [0.2, 0.25) is 0 Å². The summed E-state index contributed by atoms with van der Waals surface area (Å²) >= 11 is 0. The first-order chi connectivity index (χ1) is 8.16. The topological polar surface area (TPSA) is 52.0 Å². The number of benzene rings is 1. The van der Waals surface area contributed by atoms with E-state index in [2.05, 4.69) is 5.10 Å². The third-order valence-corrected chi connectivity index (χ3v) is 2.37. The quantitative estimate of drug-likeness (QED) is 0.594. The van der Waals surface area contributed by atoms with Crippen LogP contribution in [0, 0.1) is 0 Å². The second kappa shape index (κ2) is 4.74. The highest BCUT2D eigenvalue weighted by molar-refractivity contribution is 6.07. The lowest BCUT2D eigenvalue weighted by molar-refractivity contribution is -0.116. The molecule has 2 rings (SSSR count). The SMILES string of the molecule is CC(=O)CC(=O)c1ccc(-n2cccn2)cc1. The Morgan fingerprint density at radius 2 is 1.94 bits per heavy atom. The van der Waals surface area contributed by atoms with Gasteiger partial charge >= 0.3 is 0 Å². The van der Waals surface area contributed by atoms with Crippen molar-refractivity contribution >= 4 is 11.6 Å². The Morgan fingerprint density at radius 3 is 2.47 bits per heavy atom. The molecular weight excluding hydrogens is 216 g/mol. The largest absolute Gasteiger partial charge is 0.300 e. The van der Waals surface area contributed by atoms with Gasteiger partial charge < -0.3 is 0 Å². The van der Waals surface area contributed by atoms with E-state index in [1.54, 1.807) is 35.1 Å². The van der Waals surface area contributed by atoms with Gasteiger partial charge in [0.05, 0.1) is 12.1 Å². The van der Waals surface area contributed by atoms with Crippen molar-refractivity contribution in [2.45, 2.75) is 13.3 Å². The molecule has 4 nitrogen and oxygen atoms in total. The van der Waals surface area contributed by atoms with Crippen LogP contribution in [-0.4, -0.2) is 21.3 Å². The van der Waals surface area contributed by atoms with Gasteiger partial charge in [-0.2, -0.15) is 5.10 Å². The minimum absolute atomic E-state index is 0.0406. The van der Waals surface area contributed by atoms with Crippen LogP contribution in [0.15, 0.2) is 42.7 Å². The summed E-state index contributed by atoms with van der Waals surface area (Å²) in [5.41, 5.74) is 1.44. The van der Waals surface area contributed by atoms with Crippen molar-refractivity contribution in [3.63, 3.8) is 0 Å². The van der Waals surface area contributed by atoms with Crippen molar-refractivity contribution in [2.75, 3.05) is 0 Å². The maximum atomic E-state index is 11.6. The molecule has 0 saturated heterocycles. The zero-order valence-electron chi connectivity index (χ0n) is 9.46. The molecule has 86 valence electrons. The fourth-order valence-corrected chi connectivity index (χ4v) is 1.55. The van der Waals surface area contributed by atoms with Crippen LogP contribution < -0.4 is 0 Å². The lowest BCUT2D eigenvalue weighted by Crippen LogP contribution is -2.05. The second-order valence-corrected chi connectivity index (χ2v) is 3.80. The number of rotatable bonds is 4. The molecular formula is C13H12N2O2. The molecule has 0 saturated carbocycles. The lowest BCUT2D eigenvalue weighted by atomic mass is 10.1. The molecule has 0 atom stereocenters. The molecule has 0 aliphatic carbocycles. The van der Waals surface area contributed by atoms with E-state index in [9.17, 15) is 9.59 Å². The van der Waals surface area contributed by atoms with Gasteiger partial charge in [-0.25, -0.2) is 4.68 Å². The number of hydrogen-bond donors (Lipinski definition) is 0. The Kier molecular flexibility index (Phi) is 3.14. The van der Waals surface area contributed by atoms with E-state index in [0.717, 1.165) is 5.69 Å². The Bertz CT molecular complexity index is 527. The van der Waals surface area contributed by atoms with Crippen LogP contribution in [0.2, 0.25) is 0 Å². The third-order valence-electron chi connectivity index (χ3n) is 2.37. The smallest absolute Gasteiger partial charge is 0.170 e. The molecule has 0 spiro atoms. The van der Waals surface area contributed by atoms with Crippen molar-refractivity contribution in [1.82, 2.24) is 9.78 Å². The average Bonchev–Trinajstić information content (AvgIpc) is 2.82. The molecule has 2 aromatic rings. The summed E-state index contributed by atoms with van der Waals surface area (Å²) in [5, 5.41) is 4.09. The van der Waals surface area contributed by atoms with Gasteiger partial charge in [-0.1, -0.05) is 0 Å². The summed E-state index contributed by atoms with van der Waals surface area (Å²) < 4.78 is 1.71. The van der Waals surface area contributed by atoms with Crippen LogP contribution >= 0.6 is 0 Å². The van der Waals surface area contributed by atoms with Crippen molar-refractivity contribution in [2.24, 2.45) is 0 Å². The van der Waals surface area contributed by atoms with E-state index in [1.807, 2.05) is 12.3 Å². The van der Waals surface area contributed by atoms with Crippen LogP contribution in [-0.2, 0) is 4.79 Å². The van der Waals surface area contributed by atoms with Gasteiger partial charge in [0.15, 0.2) is 5.78 Å². The van der Waals surface area contributed by atoms with Gasteiger partial charge in [-0.05, 0) is 37.3 Å². The highest BCUT2D eigenvalue weighted by atomic mass is 16.1. The van der Waals surface area contributed by atoms with Crippen LogP contribution in [0.4, 0.5) is 0 Å². The number of ketones is 2. The molecule has 4 heteroatoms. The van der Waals surface area contributed by atoms with Crippen molar-refractivity contribution in [3.8, 4) is 5.69 Å². The molecule has 1 aromatic carbocycles. The summed E-state index contributed by atoms with van der Waals surface area (Å²) in [6, 6.07) is 8.86. The average molecular weight is 228 g/mol. The lowest BCUT2D eigenvalue weighted by Gasteiger charge is -2.02. The van der Waals surface area contributed by atoms with E-state index in [-0.39, 0.29) is 18.0 Å². The predicted octanol–water partition coefficient (Wildman–Crippen LogP) is 2.03. The van der Waals surface area contributed by atoms with Gasteiger partial charge in [0.1, 0.15) is 5.78 Å². The highest BCUT2D eigenvalue weighted by Crippen LogP contribution is 2.10. The zero-order valence-corrected chi connectivity index (χ0v) is 9.46. The van der Waals surface area contributed by atoms with Crippen molar-refractivity contribution < 1.29 is 9.59 Å². The van der Waals surface area contributed by atoms with Crippen LogP contribution in [0.1, 0.15) is 23.7 Å². The number of carbonyl (C=O) groups is 2. The van der Waals surface area contributed by atoms with Gasteiger partial charge in [-0.15, -0.1) is 0 Å². The van der Waals surface area contributed by atoms with E-state index in [1.165, 1.54) is 6.92 Å². The first kappa shape index (κ1) is 11.3. The normalized spacial score (nSPS) is 10.2. The first-order valence-electron chi connectivity index (χ1n) is 5.29. The number of carbonyl (C=O) groups excluding carboxylic acids is 2. The summed E-state index contributed by atoms with van der Waals surface area (Å²) in [6.45, 7) is 1.41. The van der Waals surface area contributed by atoms with Gasteiger partial charge in [0.25, 0.3) is 0 Å². The zero-order chi connectivity index (χ0) is 12.3. The van der Waals surface area contributed by atoms with Crippen LogP contribution in [0.5, 0.6) is 0 Å². The van der Waals surface area contributed by atoms with Crippen molar-refractivity contribution in [1.29, 1.82) is 0 Å². The fourth-order valence-electron chi connectivity index (χ4n) is 1.55. The molecule has 0 bridgehead atoms. The van der Waals surface area contributed by atoms with E-state index in [0.29, 0.717) is 5.56 Å². The molecule has 1 heterocycles. The molecule has 0 N–H and O–H groups in total. The number of aromatic nitrogens is 2. The Balaban J connectivity index is 2.19. The summed E-state index contributed by atoms with van der Waals surface area (Å²) in [7, 11) is 0. The Morgan fingerprint density at radius 1 is 1.24 bits per heavy atom. The monoisotopic (exact) mass is 228 g/mol. The van der Waals surface area contributed by atoms with Crippen LogP contribution in [0.3, 0.4) is 0 Å². The number of Topliss-reactive ketones (excluding diaryl/α,β-unsaturated/α-hetero) is 2. The summed E-state index contributed by atoms with van der Waals surface area (Å²) in [5.74, 6) is -0.268. The summed E-state index contributed by atoms with van der Waals surface area (Å²) in [4.78, 5) is 22.5. The molecule has 0 unspecified atom stereocenters. The fraction of sp³-hybridized carbons (Fsp3) is 0.154. The standard InChI is InChI=1S/C13H12N2O2/c1-10(16)9-13(17)11-3-5-12(6-4-11)15-8-2-7-14-15/h2-8H,9H2,1H3. The first-order valence-corrected chi connectivity index (χ1v) is 5.29. The number of nitrogens with zero attached hydrogens (tertiary/aromatic N) is 2. The Labute approximate surface area is 98.9 Å². The number of hydrogen-bond acceptors (Lipinski definition) is 3. The molecule has 0 fully saturated rings. The highest BCUT2D eigenvalue weighted by Gasteiger charge is 2.08. The molecule has 0 radical (unpaired) electrons. The molecule has 1 aromatic heterocycles. The molecule has 0 aliphatic rings. The maximum absolute atomic E-state index is 11.6. The van der Waals surface area contributed by atoms with Gasteiger partial charge in [0, 0.05) is 18.0 Å². The van der Waals surface area contributed by atoms with Gasteiger partial charge in [-0.3, -0.25) is 9.59 Å². The maximum Gasteiger partial charge on any atom is 0.170 e. The van der Waals surface area contributed by atoms with E-state index < -0.39 is 0 Å². The van der Waals surface area contributed by atoms with Crippen LogP contribution in [0.25, 0.3) is 5.69 Å². The third kappa shape index (κ3) is 2.66. The predicted molar refractivity (Wildman–Crippen MR) is 63.2 cm³/mol. The van der Waals surface area contributed by atoms with E-state index >= 15 is 0 Å². The van der Waals surface area contributed by atoms with Crippen molar-refractivity contribution in [3.05, 3.63) is 48.3 Å².